The largest absolute Gasteiger partial charge is 0.481 e. The molecule has 0 fully saturated rings. The quantitative estimate of drug-likeness (QED) is 0.287. The van der Waals surface area contributed by atoms with Crippen molar-refractivity contribution >= 4 is 23.8 Å². The van der Waals surface area contributed by atoms with Crippen LogP contribution in [0.5, 0.6) is 0 Å². The molecular weight excluding hydrogens is 426 g/mol. The number of carboxylic acid groups (broad SMARTS) is 1. The highest BCUT2D eigenvalue weighted by atomic mass is 16.4. The second-order valence-corrected chi connectivity index (χ2v) is 7.79. The molecule has 3 aromatic rings. The van der Waals surface area contributed by atoms with Crippen LogP contribution in [0.4, 0.5) is 5.69 Å². The van der Waals surface area contributed by atoms with Gasteiger partial charge in [0.15, 0.2) is 0 Å². The Labute approximate surface area is 199 Å². The molecule has 1 atom stereocenters. The zero-order valence-electron chi connectivity index (χ0n) is 18.8. The first-order valence-corrected chi connectivity index (χ1v) is 10.9. The monoisotopic (exact) mass is 453 g/mol. The average Bonchev–Trinajstić information content (AvgIpc) is 2.86. The first-order valence-electron chi connectivity index (χ1n) is 10.9. The van der Waals surface area contributed by atoms with Gasteiger partial charge in [-0.05, 0) is 36.6 Å². The Kier molecular flexibility index (Phi) is 8.24. The van der Waals surface area contributed by atoms with Crippen LogP contribution in [0, 0.1) is 5.41 Å². The standard InChI is InChI=1S/C28H27N3O3/c1-3-17-28(18-4-2,27(33)34)20-30-25(21-12-6-5-7-13-21)22-14-8-9-15-23(22)31-26(32)24-16-10-11-19-29-24/h3-16,19-20,25H,1-2,17-18H2,(H,31,32)(H,33,34). The Morgan fingerprint density at radius 1 is 0.971 bits per heavy atom. The summed E-state index contributed by atoms with van der Waals surface area (Å²) in [6.45, 7) is 7.43. The number of nitrogens with zero attached hydrogens (tertiary/aromatic N) is 2. The van der Waals surface area contributed by atoms with Crippen LogP contribution in [-0.2, 0) is 4.79 Å². The SMILES string of the molecule is C=CCC(C=NC(c1ccccc1)c1ccccc1NC(=O)c1ccccn1)(CC=C)C(=O)O. The Morgan fingerprint density at radius 3 is 2.24 bits per heavy atom. The van der Waals surface area contributed by atoms with E-state index in [0.717, 1.165) is 11.1 Å². The molecule has 1 heterocycles. The number of hydrogen-bond donors (Lipinski definition) is 2. The third-order valence-corrected chi connectivity index (χ3v) is 5.43. The lowest BCUT2D eigenvalue weighted by molar-refractivity contribution is -0.144. The number of hydrogen-bond acceptors (Lipinski definition) is 4. The van der Waals surface area contributed by atoms with Crippen LogP contribution in [0.15, 0.2) is 109 Å². The Balaban J connectivity index is 2.07. The van der Waals surface area contributed by atoms with Gasteiger partial charge in [-0.15, -0.1) is 13.2 Å². The highest BCUT2D eigenvalue weighted by Crippen LogP contribution is 2.34. The summed E-state index contributed by atoms with van der Waals surface area (Å²) < 4.78 is 0. The number of benzene rings is 2. The molecule has 0 spiro atoms. The molecule has 0 aliphatic rings. The summed E-state index contributed by atoms with van der Waals surface area (Å²) in [6, 6.07) is 21.4. The van der Waals surface area contributed by atoms with Crippen molar-refractivity contribution in [2.24, 2.45) is 10.4 Å². The van der Waals surface area contributed by atoms with Crippen molar-refractivity contribution < 1.29 is 14.7 Å². The van der Waals surface area contributed by atoms with Gasteiger partial charge in [-0.25, -0.2) is 0 Å². The number of rotatable bonds is 11. The number of nitrogens with one attached hydrogen (secondary N) is 1. The predicted molar refractivity (Wildman–Crippen MR) is 135 cm³/mol. The highest BCUT2D eigenvalue weighted by molar-refractivity contribution is 6.03. The predicted octanol–water partition coefficient (Wildman–Crippen LogP) is 5.72. The lowest BCUT2D eigenvalue weighted by Crippen LogP contribution is -2.32. The van der Waals surface area contributed by atoms with E-state index in [1.807, 2.05) is 48.5 Å². The van der Waals surface area contributed by atoms with Crippen LogP contribution in [-0.4, -0.2) is 28.2 Å². The molecule has 0 saturated heterocycles. The van der Waals surface area contributed by atoms with Crippen LogP contribution in [0.1, 0.15) is 40.5 Å². The number of allylic oxidation sites excluding steroid dienone is 2. The number of carbonyl (C=O) groups is 2. The van der Waals surface area contributed by atoms with E-state index in [4.69, 9.17) is 4.99 Å². The number of aromatic nitrogens is 1. The zero-order chi connectivity index (χ0) is 24.4. The van der Waals surface area contributed by atoms with E-state index < -0.39 is 17.4 Å². The molecule has 6 heteroatoms. The summed E-state index contributed by atoms with van der Waals surface area (Å²) in [5.41, 5.74) is 1.18. The van der Waals surface area contributed by atoms with E-state index in [0.29, 0.717) is 11.4 Å². The number of carbonyl (C=O) groups excluding carboxylic acids is 1. The van der Waals surface area contributed by atoms with Crippen molar-refractivity contribution in [2.45, 2.75) is 18.9 Å². The van der Waals surface area contributed by atoms with Crippen molar-refractivity contribution in [1.29, 1.82) is 0 Å². The van der Waals surface area contributed by atoms with Gasteiger partial charge in [0, 0.05) is 23.7 Å². The fourth-order valence-electron chi connectivity index (χ4n) is 3.66. The van der Waals surface area contributed by atoms with E-state index >= 15 is 0 Å². The molecule has 34 heavy (non-hydrogen) atoms. The molecule has 172 valence electrons. The minimum atomic E-state index is -1.26. The van der Waals surface area contributed by atoms with Crippen LogP contribution in [0.25, 0.3) is 0 Å². The second-order valence-electron chi connectivity index (χ2n) is 7.79. The van der Waals surface area contributed by atoms with Gasteiger partial charge in [0.05, 0.1) is 0 Å². The van der Waals surface area contributed by atoms with Crippen molar-refractivity contribution in [3.05, 3.63) is 121 Å². The Bertz CT molecular complexity index is 1160. The summed E-state index contributed by atoms with van der Waals surface area (Å²) in [4.78, 5) is 33.9. The van der Waals surface area contributed by atoms with E-state index in [2.05, 4.69) is 23.5 Å². The molecule has 0 aliphatic carbocycles. The van der Waals surface area contributed by atoms with Crippen molar-refractivity contribution in [1.82, 2.24) is 4.98 Å². The average molecular weight is 454 g/mol. The molecular formula is C28H27N3O3. The van der Waals surface area contributed by atoms with E-state index in [1.165, 1.54) is 6.21 Å². The summed E-state index contributed by atoms with van der Waals surface area (Å²) >= 11 is 0. The molecule has 0 aliphatic heterocycles. The first kappa shape index (κ1) is 24.3. The zero-order valence-corrected chi connectivity index (χ0v) is 18.8. The molecule has 1 amide bonds. The lowest BCUT2D eigenvalue weighted by Gasteiger charge is -2.24. The van der Waals surface area contributed by atoms with Crippen molar-refractivity contribution in [2.75, 3.05) is 5.32 Å². The van der Waals surface area contributed by atoms with Crippen molar-refractivity contribution in [3.63, 3.8) is 0 Å². The van der Waals surface area contributed by atoms with E-state index in [1.54, 1.807) is 42.6 Å². The summed E-state index contributed by atoms with van der Waals surface area (Å²) in [7, 11) is 0. The molecule has 1 aromatic heterocycles. The summed E-state index contributed by atoms with van der Waals surface area (Å²) in [5.74, 6) is -1.35. The molecule has 0 bridgehead atoms. The third kappa shape index (κ3) is 5.72. The number of carboxylic acids is 1. The fraction of sp³-hybridized carbons (Fsp3) is 0.143. The highest BCUT2D eigenvalue weighted by Gasteiger charge is 2.35. The number of aliphatic imine (C=N–C) groups is 1. The number of anilines is 1. The van der Waals surface area contributed by atoms with Gasteiger partial charge in [0.1, 0.15) is 17.2 Å². The molecule has 0 saturated carbocycles. The second kappa shape index (κ2) is 11.5. The van der Waals surface area contributed by atoms with Gasteiger partial charge < -0.3 is 10.4 Å². The molecule has 1 unspecified atom stereocenters. The van der Waals surface area contributed by atoms with Gasteiger partial charge in [0.2, 0.25) is 0 Å². The van der Waals surface area contributed by atoms with Gasteiger partial charge in [-0.3, -0.25) is 19.6 Å². The van der Waals surface area contributed by atoms with Gasteiger partial charge in [0.25, 0.3) is 5.91 Å². The van der Waals surface area contributed by atoms with Crippen LogP contribution >= 0.6 is 0 Å². The summed E-state index contributed by atoms with van der Waals surface area (Å²) in [6.07, 6.45) is 6.59. The fourth-order valence-corrected chi connectivity index (χ4v) is 3.66. The van der Waals surface area contributed by atoms with E-state index in [-0.39, 0.29) is 18.7 Å². The molecule has 6 nitrogen and oxygen atoms in total. The smallest absolute Gasteiger partial charge is 0.315 e. The maximum Gasteiger partial charge on any atom is 0.315 e. The molecule has 3 rings (SSSR count). The topological polar surface area (TPSA) is 91.7 Å². The molecule has 2 N–H and O–H groups in total. The van der Waals surface area contributed by atoms with Gasteiger partial charge in [-0.2, -0.15) is 0 Å². The number of aliphatic carboxylic acids is 1. The summed E-state index contributed by atoms with van der Waals surface area (Å²) in [5, 5.41) is 12.9. The number of amides is 1. The lowest BCUT2D eigenvalue weighted by atomic mass is 9.82. The Morgan fingerprint density at radius 2 is 1.62 bits per heavy atom. The van der Waals surface area contributed by atoms with Crippen LogP contribution in [0.2, 0.25) is 0 Å². The minimum Gasteiger partial charge on any atom is -0.481 e. The number of pyridine rings is 1. The van der Waals surface area contributed by atoms with Crippen LogP contribution in [0.3, 0.4) is 0 Å². The van der Waals surface area contributed by atoms with E-state index in [9.17, 15) is 14.7 Å². The van der Waals surface area contributed by atoms with Gasteiger partial charge in [-0.1, -0.05) is 66.7 Å². The van der Waals surface area contributed by atoms with Gasteiger partial charge >= 0.3 is 5.97 Å². The third-order valence-electron chi connectivity index (χ3n) is 5.43. The van der Waals surface area contributed by atoms with Crippen molar-refractivity contribution in [3.8, 4) is 0 Å². The Hall–Kier alpha value is -4.32. The first-order chi connectivity index (χ1) is 16.5. The van der Waals surface area contributed by atoms with Crippen LogP contribution < -0.4 is 5.32 Å². The maximum absolute atomic E-state index is 12.8. The number of para-hydroxylation sites is 1. The normalized spacial score (nSPS) is 12.1. The maximum atomic E-state index is 12.8. The molecule has 2 aromatic carbocycles. The molecule has 0 radical (unpaired) electrons. The minimum absolute atomic E-state index is 0.206.